The van der Waals surface area contributed by atoms with Crippen LogP contribution in [0, 0.1) is 5.92 Å². The van der Waals surface area contributed by atoms with Gasteiger partial charge in [-0.05, 0) is 18.8 Å². The highest BCUT2D eigenvalue weighted by atomic mass is 16.4. The summed E-state index contributed by atoms with van der Waals surface area (Å²) < 4.78 is 0. The van der Waals surface area contributed by atoms with E-state index in [9.17, 15) is 9.59 Å². The summed E-state index contributed by atoms with van der Waals surface area (Å²) in [6.45, 7) is 3.32. The van der Waals surface area contributed by atoms with Crippen LogP contribution < -0.4 is 5.32 Å². The fourth-order valence-corrected chi connectivity index (χ4v) is 2.04. The maximum absolute atomic E-state index is 12.2. The van der Waals surface area contributed by atoms with Crippen LogP contribution in [0.3, 0.4) is 0 Å². The fraction of sp³-hybridized carbons (Fsp3) is 0.818. The molecule has 0 atom stereocenters. The molecule has 1 aliphatic carbocycles. The van der Waals surface area contributed by atoms with Crippen molar-refractivity contribution in [1.29, 1.82) is 0 Å². The molecule has 2 rings (SSSR count). The molecule has 1 saturated heterocycles. The number of aliphatic carboxylic acids is 1. The van der Waals surface area contributed by atoms with E-state index < -0.39 is 5.97 Å². The molecule has 0 aromatic rings. The molecule has 0 spiro atoms. The molecule has 96 valence electrons. The van der Waals surface area contributed by atoms with Gasteiger partial charge in [-0.3, -0.25) is 4.79 Å². The van der Waals surface area contributed by atoms with Gasteiger partial charge in [0, 0.05) is 32.7 Å². The first-order valence-electron chi connectivity index (χ1n) is 6.13. The van der Waals surface area contributed by atoms with Gasteiger partial charge in [-0.25, -0.2) is 4.79 Å². The SMILES string of the molecule is O=C(O)CN(CC1CC1)C(=O)N1CCNCC1. The van der Waals surface area contributed by atoms with Gasteiger partial charge in [0.25, 0.3) is 0 Å². The third-order valence-corrected chi connectivity index (χ3v) is 3.16. The minimum absolute atomic E-state index is 0.124. The van der Waals surface area contributed by atoms with Crippen molar-refractivity contribution in [3.63, 3.8) is 0 Å². The van der Waals surface area contributed by atoms with Crippen LogP contribution in [0.15, 0.2) is 0 Å². The highest BCUT2D eigenvalue weighted by Gasteiger charge is 2.30. The minimum atomic E-state index is -0.936. The van der Waals surface area contributed by atoms with Crippen molar-refractivity contribution < 1.29 is 14.7 Å². The number of urea groups is 1. The van der Waals surface area contributed by atoms with Crippen LogP contribution in [-0.2, 0) is 4.79 Å². The monoisotopic (exact) mass is 241 g/mol. The van der Waals surface area contributed by atoms with Gasteiger partial charge in [-0.15, -0.1) is 0 Å². The topological polar surface area (TPSA) is 72.9 Å². The van der Waals surface area contributed by atoms with Crippen LogP contribution in [0.2, 0.25) is 0 Å². The zero-order valence-electron chi connectivity index (χ0n) is 9.89. The average molecular weight is 241 g/mol. The molecule has 1 heterocycles. The Balaban J connectivity index is 1.91. The normalized spacial score (nSPS) is 20.1. The molecule has 0 aromatic carbocycles. The first kappa shape index (κ1) is 12.2. The van der Waals surface area contributed by atoms with E-state index in [0.717, 1.165) is 25.9 Å². The van der Waals surface area contributed by atoms with E-state index in [-0.39, 0.29) is 12.6 Å². The van der Waals surface area contributed by atoms with Crippen molar-refractivity contribution in [2.24, 2.45) is 5.92 Å². The van der Waals surface area contributed by atoms with Crippen LogP contribution in [-0.4, -0.2) is 66.2 Å². The largest absolute Gasteiger partial charge is 0.480 e. The van der Waals surface area contributed by atoms with Gasteiger partial charge >= 0.3 is 12.0 Å². The van der Waals surface area contributed by atoms with E-state index in [1.165, 1.54) is 4.90 Å². The molecular formula is C11H19N3O3. The number of piperazine rings is 1. The lowest BCUT2D eigenvalue weighted by molar-refractivity contribution is -0.137. The van der Waals surface area contributed by atoms with E-state index in [1.807, 2.05) is 0 Å². The Kier molecular flexibility index (Phi) is 3.83. The van der Waals surface area contributed by atoms with E-state index in [0.29, 0.717) is 25.6 Å². The van der Waals surface area contributed by atoms with Crippen LogP contribution in [0.1, 0.15) is 12.8 Å². The number of carbonyl (C=O) groups is 2. The summed E-state index contributed by atoms with van der Waals surface area (Å²) in [6, 6.07) is -0.124. The standard InChI is InChI=1S/C11H19N3O3/c15-10(16)8-14(7-9-1-2-9)11(17)13-5-3-12-4-6-13/h9,12H,1-8H2,(H,15,16). The summed E-state index contributed by atoms with van der Waals surface area (Å²) in [7, 11) is 0. The van der Waals surface area contributed by atoms with Crippen LogP contribution in [0.4, 0.5) is 4.79 Å². The Morgan fingerprint density at radius 2 is 1.94 bits per heavy atom. The Hall–Kier alpha value is -1.30. The number of carbonyl (C=O) groups excluding carboxylic acids is 1. The van der Waals surface area contributed by atoms with Gasteiger partial charge in [0.2, 0.25) is 0 Å². The van der Waals surface area contributed by atoms with Crippen molar-refractivity contribution in [1.82, 2.24) is 15.1 Å². The summed E-state index contributed by atoms with van der Waals surface area (Å²) in [6.07, 6.45) is 2.23. The van der Waals surface area contributed by atoms with Crippen LogP contribution >= 0.6 is 0 Å². The van der Waals surface area contributed by atoms with Gasteiger partial charge in [0.15, 0.2) is 0 Å². The zero-order valence-corrected chi connectivity index (χ0v) is 9.89. The Bertz CT molecular complexity index is 298. The molecule has 0 radical (unpaired) electrons. The third-order valence-electron chi connectivity index (χ3n) is 3.16. The molecule has 2 amide bonds. The molecule has 2 fully saturated rings. The highest BCUT2D eigenvalue weighted by Crippen LogP contribution is 2.29. The Labute approximate surface area is 101 Å². The summed E-state index contributed by atoms with van der Waals surface area (Å²) in [5.74, 6) is -0.421. The van der Waals surface area contributed by atoms with Crippen molar-refractivity contribution >= 4 is 12.0 Å². The van der Waals surface area contributed by atoms with E-state index in [4.69, 9.17) is 5.11 Å². The molecule has 1 aliphatic heterocycles. The summed E-state index contributed by atoms with van der Waals surface area (Å²) in [4.78, 5) is 26.1. The number of carboxylic acids is 1. The van der Waals surface area contributed by atoms with E-state index in [2.05, 4.69) is 5.32 Å². The minimum Gasteiger partial charge on any atom is -0.480 e. The second kappa shape index (κ2) is 5.35. The first-order chi connectivity index (χ1) is 8.16. The number of hydrogen-bond donors (Lipinski definition) is 2. The van der Waals surface area contributed by atoms with E-state index >= 15 is 0 Å². The zero-order chi connectivity index (χ0) is 12.3. The van der Waals surface area contributed by atoms with Crippen molar-refractivity contribution in [2.75, 3.05) is 39.3 Å². The van der Waals surface area contributed by atoms with Crippen molar-refractivity contribution in [3.8, 4) is 0 Å². The van der Waals surface area contributed by atoms with Gasteiger partial charge in [0.05, 0.1) is 0 Å². The molecule has 0 unspecified atom stereocenters. The lowest BCUT2D eigenvalue weighted by Crippen LogP contribution is -2.52. The molecular weight excluding hydrogens is 222 g/mol. The molecule has 0 bridgehead atoms. The predicted molar refractivity (Wildman–Crippen MR) is 61.8 cm³/mol. The molecule has 2 aliphatic rings. The van der Waals surface area contributed by atoms with Gasteiger partial charge in [-0.2, -0.15) is 0 Å². The molecule has 2 N–H and O–H groups in total. The lowest BCUT2D eigenvalue weighted by Gasteiger charge is -2.32. The maximum atomic E-state index is 12.2. The average Bonchev–Trinajstić information content (AvgIpc) is 3.12. The summed E-state index contributed by atoms with van der Waals surface area (Å²) in [5, 5.41) is 12.0. The summed E-state index contributed by atoms with van der Waals surface area (Å²) in [5.41, 5.74) is 0. The van der Waals surface area contributed by atoms with Gasteiger partial charge in [0.1, 0.15) is 6.54 Å². The van der Waals surface area contributed by atoms with Gasteiger partial charge in [-0.1, -0.05) is 0 Å². The van der Waals surface area contributed by atoms with Crippen LogP contribution in [0.5, 0.6) is 0 Å². The maximum Gasteiger partial charge on any atom is 0.323 e. The Morgan fingerprint density at radius 1 is 1.29 bits per heavy atom. The molecule has 1 saturated carbocycles. The lowest BCUT2D eigenvalue weighted by atomic mass is 10.3. The number of nitrogens with one attached hydrogen (secondary N) is 1. The van der Waals surface area contributed by atoms with Crippen molar-refractivity contribution in [2.45, 2.75) is 12.8 Å². The smallest absolute Gasteiger partial charge is 0.323 e. The predicted octanol–water partition coefficient (Wildman–Crippen LogP) is -0.192. The third kappa shape index (κ3) is 3.59. The molecule has 6 heteroatoms. The second-order valence-electron chi connectivity index (χ2n) is 4.74. The number of amides is 2. The number of nitrogens with zero attached hydrogens (tertiary/aromatic N) is 2. The number of carboxylic acid groups (broad SMARTS) is 1. The second-order valence-corrected chi connectivity index (χ2v) is 4.74. The quantitative estimate of drug-likeness (QED) is 0.715. The molecule has 17 heavy (non-hydrogen) atoms. The van der Waals surface area contributed by atoms with Crippen molar-refractivity contribution in [3.05, 3.63) is 0 Å². The first-order valence-corrected chi connectivity index (χ1v) is 6.13. The fourth-order valence-electron chi connectivity index (χ4n) is 2.04. The van der Waals surface area contributed by atoms with Crippen LogP contribution in [0.25, 0.3) is 0 Å². The summed E-state index contributed by atoms with van der Waals surface area (Å²) >= 11 is 0. The number of hydrogen-bond acceptors (Lipinski definition) is 3. The van der Waals surface area contributed by atoms with Gasteiger partial charge < -0.3 is 20.2 Å². The molecule has 6 nitrogen and oxygen atoms in total. The number of rotatable bonds is 4. The highest BCUT2D eigenvalue weighted by molar-refractivity contribution is 5.80. The Morgan fingerprint density at radius 3 is 2.47 bits per heavy atom. The molecule has 0 aromatic heterocycles. The van der Waals surface area contributed by atoms with E-state index in [1.54, 1.807) is 4.90 Å².